The average molecular weight is 619 g/mol. The number of allylic oxidation sites excluding steroid dienone is 3. The van der Waals surface area contributed by atoms with Crippen LogP contribution in [0, 0.1) is 0 Å². The Balaban J connectivity index is 1.50. The third-order valence-corrected chi connectivity index (χ3v) is 8.15. The van der Waals surface area contributed by atoms with Crippen LogP contribution in [0.1, 0.15) is 42.7 Å². The number of halogens is 1. The molecule has 1 aliphatic carbocycles. The van der Waals surface area contributed by atoms with Crippen molar-refractivity contribution >= 4 is 27.7 Å². The van der Waals surface area contributed by atoms with Crippen LogP contribution in [-0.4, -0.2) is 39.2 Å². The predicted octanol–water partition coefficient (Wildman–Crippen LogP) is 6.45. The van der Waals surface area contributed by atoms with Gasteiger partial charge in [-0.05, 0) is 54.7 Å². The van der Waals surface area contributed by atoms with Crippen LogP contribution in [0.15, 0.2) is 99.8 Å². The van der Waals surface area contributed by atoms with Crippen molar-refractivity contribution in [1.29, 1.82) is 0 Å². The number of dihydropyridines is 1. The highest BCUT2D eigenvalue weighted by atomic mass is 79.9. The smallest absolute Gasteiger partial charge is 0.336 e. The van der Waals surface area contributed by atoms with E-state index in [0.29, 0.717) is 51.4 Å². The maximum absolute atomic E-state index is 13.9. The molecule has 0 bridgehead atoms. The number of ketones is 1. The van der Waals surface area contributed by atoms with Crippen molar-refractivity contribution in [3.63, 3.8) is 0 Å². The molecular formula is C33H32BrNO6. The first-order chi connectivity index (χ1) is 19.9. The molecule has 0 fully saturated rings. The molecule has 1 aliphatic heterocycles. The summed E-state index contributed by atoms with van der Waals surface area (Å²) in [5, 5.41) is 3.40. The van der Waals surface area contributed by atoms with Crippen molar-refractivity contribution in [1.82, 2.24) is 5.32 Å². The van der Waals surface area contributed by atoms with Crippen molar-refractivity contribution in [3.05, 3.63) is 111 Å². The summed E-state index contributed by atoms with van der Waals surface area (Å²) in [7, 11) is 3.12. The van der Waals surface area contributed by atoms with E-state index in [9.17, 15) is 9.59 Å². The van der Waals surface area contributed by atoms with Crippen molar-refractivity contribution in [2.75, 3.05) is 27.4 Å². The average Bonchev–Trinajstić information content (AvgIpc) is 2.99. The molecule has 0 saturated carbocycles. The van der Waals surface area contributed by atoms with Crippen LogP contribution in [0.3, 0.4) is 0 Å². The van der Waals surface area contributed by atoms with Crippen molar-refractivity contribution < 1.29 is 28.5 Å². The summed E-state index contributed by atoms with van der Waals surface area (Å²) in [6.45, 7) is 2.10. The third-order valence-electron chi connectivity index (χ3n) is 7.46. The van der Waals surface area contributed by atoms with Gasteiger partial charge in [-0.3, -0.25) is 4.79 Å². The molecule has 0 amide bonds. The van der Waals surface area contributed by atoms with Gasteiger partial charge in [0, 0.05) is 33.8 Å². The highest BCUT2D eigenvalue weighted by Crippen LogP contribution is 2.49. The fraction of sp³-hybridized carbons (Fsp3) is 0.273. The van der Waals surface area contributed by atoms with E-state index < -0.39 is 11.9 Å². The molecule has 8 heteroatoms. The fourth-order valence-electron chi connectivity index (χ4n) is 5.56. The second-order valence-electron chi connectivity index (χ2n) is 9.95. The minimum absolute atomic E-state index is 0.00972. The van der Waals surface area contributed by atoms with Crippen LogP contribution >= 0.6 is 15.9 Å². The van der Waals surface area contributed by atoms with Crippen LogP contribution in [0.25, 0.3) is 0 Å². The summed E-state index contributed by atoms with van der Waals surface area (Å²) in [5.41, 5.74) is 4.25. The van der Waals surface area contributed by atoms with Crippen molar-refractivity contribution in [2.24, 2.45) is 0 Å². The lowest BCUT2D eigenvalue weighted by Crippen LogP contribution is -2.36. The molecule has 0 spiro atoms. The molecule has 7 nitrogen and oxygen atoms in total. The lowest BCUT2D eigenvalue weighted by Gasteiger charge is -2.37. The molecule has 0 saturated heterocycles. The van der Waals surface area contributed by atoms with E-state index in [0.717, 1.165) is 16.8 Å². The van der Waals surface area contributed by atoms with Crippen LogP contribution in [0.2, 0.25) is 0 Å². The summed E-state index contributed by atoms with van der Waals surface area (Å²) in [6.07, 6.45) is 0.995. The Labute approximate surface area is 248 Å². The molecular weight excluding hydrogens is 586 g/mol. The lowest BCUT2D eigenvalue weighted by atomic mass is 9.71. The van der Waals surface area contributed by atoms with E-state index in [1.165, 1.54) is 0 Å². The number of nitrogens with one attached hydrogen (secondary N) is 1. The SMILES string of the molecule is COc1cc(Br)c([C@@H]2C(C(=O)OCCOc3ccccc3)=C(C)NC3=C2C(=O)C[C@@H](c2ccccc2)C3)cc1OC. The Morgan fingerprint density at radius 2 is 1.59 bits per heavy atom. The summed E-state index contributed by atoms with van der Waals surface area (Å²) in [5.74, 6) is 0.591. The molecule has 1 heterocycles. The molecule has 1 N–H and O–H groups in total. The highest BCUT2D eigenvalue weighted by Gasteiger charge is 2.42. The largest absolute Gasteiger partial charge is 0.493 e. The second kappa shape index (κ2) is 12.6. The molecule has 212 valence electrons. The van der Waals surface area contributed by atoms with Gasteiger partial charge in [-0.25, -0.2) is 4.79 Å². The van der Waals surface area contributed by atoms with Gasteiger partial charge in [-0.2, -0.15) is 0 Å². The Morgan fingerprint density at radius 3 is 2.27 bits per heavy atom. The minimum Gasteiger partial charge on any atom is -0.493 e. The second-order valence-corrected chi connectivity index (χ2v) is 10.8. The number of rotatable bonds is 9. The first-order valence-corrected chi connectivity index (χ1v) is 14.3. The number of hydrogen-bond acceptors (Lipinski definition) is 7. The van der Waals surface area contributed by atoms with E-state index in [2.05, 4.69) is 33.4 Å². The van der Waals surface area contributed by atoms with E-state index >= 15 is 0 Å². The molecule has 5 rings (SSSR count). The molecule has 0 radical (unpaired) electrons. The number of Topliss-reactive ketones (excluding diaryl/α,β-unsaturated/α-hetero) is 1. The number of methoxy groups -OCH3 is 2. The molecule has 2 aliphatic rings. The van der Waals surface area contributed by atoms with Gasteiger partial charge in [0.1, 0.15) is 19.0 Å². The van der Waals surface area contributed by atoms with Gasteiger partial charge in [0.15, 0.2) is 17.3 Å². The van der Waals surface area contributed by atoms with Gasteiger partial charge in [0.25, 0.3) is 0 Å². The summed E-state index contributed by atoms with van der Waals surface area (Å²) < 4.78 is 23.2. The number of benzene rings is 3. The van der Waals surface area contributed by atoms with Gasteiger partial charge < -0.3 is 24.3 Å². The predicted molar refractivity (Wildman–Crippen MR) is 159 cm³/mol. The molecule has 0 aromatic heterocycles. The molecule has 2 atom stereocenters. The Kier molecular flexibility index (Phi) is 8.78. The van der Waals surface area contributed by atoms with Crippen LogP contribution < -0.4 is 19.5 Å². The zero-order valence-electron chi connectivity index (χ0n) is 23.2. The van der Waals surface area contributed by atoms with E-state index in [1.54, 1.807) is 20.3 Å². The number of hydrogen-bond donors (Lipinski definition) is 1. The summed E-state index contributed by atoms with van der Waals surface area (Å²) >= 11 is 3.67. The Morgan fingerprint density at radius 1 is 0.927 bits per heavy atom. The number of esters is 1. The lowest BCUT2D eigenvalue weighted by molar-refractivity contribution is -0.140. The van der Waals surface area contributed by atoms with Gasteiger partial charge in [0.05, 0.1) is 19.8 Å². The highest BCUT2D eigenvalue weighted by molar-refractivity contribution is 9.10. The van der Waals surface area contributed by atoms with Crippen LogP contribution in [-0.2, 0) is 14.3 Å². The number of para-hydroxylation sites is 1. The first kappa shape index (κ1) is 28.5. The monoisotopic (exact) mass is 617 g/mol. The number of ether oxygens (including phenoxy) is 4. The maximum atomic E-state index is 13.9. The number of carbonyl (C=O) groups excluding carboxylic acids is 2. The van der Waals surface area contributed by atoms with E-state index in [1.807, 2.05) is 61.5 Å². The molecule has 3 aromatic carbocycles. The standard InChI is InChI=1S/C33H32BrNO6/c1-20-30(33(37)41-15-14-40-23-12-8-5-9-13-23)31(24-18-28(38-2)29(39-3)19-25(24)34)32-26(35-20)16-22(17-27(32)36)21-10-6-4-7-11-21/h4-13,18-19,22,31,35H,14-17H2,1-3H3/t22-,31+/m0/s1. The third kappa shape index (κ3) is 6.03. The van der Waals surface area contributed by atoms with Crippen LogP contribution in [0.4, 0.5) is 0 Å². The van der Waals surface area contributed by atoms with E-state index in [4.69, 9.17) is 18.9 Å². The molecule has 0 unspecified atom stereocenters. The summed E-state index contributed by atoms with van der Waals surface area (Å²) in [6, 6.07) is 23.0. The first-order valence-electron chi connectivity index (χ1n) is 13.5. The van der Waals surface area contributed by atoms with Crippen molar-refractivity contribution in [3.8, 4) is 17.2 Å². The Bertz CT molecular complexity index is 1500. The zero-order chi connectivity index (χ0) is 28.9. The topological polar surface area (TPSA) is 83.1 Å². The molecule has 41 heavy (non-hydrogen) atoms. The van der Waals surface area contributed by atoms with Gasteiger partial charge >= 0.3 is 5.97 Å². The Hall–Kier alpha value is -4.04. The molecule has 3 aromatic rings. The summed E-state index contributed by atoms with van der Waals surface area (Å²) in [4.78, 5) is 27.6. The quantitative estimate of drug-likeness (QED) is 0.218. The van der Waals surface area contributed by atoms with Gasteiger partial charge in [-0.1, -0.05) is 64.5 Å². The van der Waals surface area contributed by atoms with Crippen LogP contribution in [0.5, 0.6) is 17.2 Å². The normalized spacial score (nSPS) is 18.4. The van der Waals surface area contributed by atoms with Gasteiger partial charge in [0.2, 0.25) is 0 Å². The fourth-order valence-corrected chi connectivity index (χ4v) is 6.11. The van der Waals surface area contributed by atoms with E-state index in [-0.39, 0.29) is 24.9 Å². The number of carbonyl (C=O) groups is 2. The van der Waals surface area contributed by atoms with Crippen molar-refractivity contribution in [2.45, 2.75) is 31.6 Å². The maximum Gasteiger partial charge on any atom is 0.336 e. The minimum atomic E-state index is -0.660. The van der Waals surface area contributed by atoms with Gasteiger partial charge in [-0.15, -0.1) is 0 Å². The zero-order valence-corrected chi connectivity index (χ0v) is 24.8.